The number of carbonyl (C=O) groups is 1. The van der Waals surface area contributed by atoms with Gasteiger partial charge in [-0.25, -0.2) is 22.2 Å². The molecule has 27 heteroatoms. The van der Waals surface area contributed by atoms with Crippen molar-refractivity contribution in [3.63, 3.8) is 0 Å². The average molecular weight is 1330 g/mol. The second kappa shape index (κ2) is 43.5. The lowest BCUT2D eigenvalue weighted by molar-refractivity contribution is -0.136. The number of hydrogen-bond donors (Lipinski definition) is 4. The first-order valence-electron chi connectivity index (χ1n) is 31.6. The quantitative estimate of drug-likeness (QED) is 0.00543. The van der Waals surface area contributed by atoms with E-state index in [1.54, 1.807) is 30.3 Å². The number of aromatic nitrogens is 1. The standard InChI is InChI=1S/C66H89F4N7O15S/c1-2-3-5-12-53-42-57-52(40-54(43-60(57)76-65(53)72)51-13-9-15-56(41-51)93(80,81)77-46-50(47-77)48-78)11-6-4-7-17-73-66(75-55-14-8-10-49(39-55)45-71)74-18-20-83-22-24-85-26-28-87-30-32-89-34-36-91-38-37-90-35-33-88-31-29-86-27-25-84-23-21-82-19-16-61(79)92-64-62(69)58(67)44-59(68)63(64)70/h8-10,13-15,39-44,50,78H,2-7,11-12,16-38,46-48H2,1H3,(H2,72,76)(H2,73,74,75). The molecule has 2 heterocycles. The molecule has 0 radical (unpaired) electrons. The van der Waals surface area contributed by atoms with E-state index < -0.39 is 51.4 Å². The fourth-order valence-electron chi connectivity index (χ4n) is 9.39. The highest BCUT2D eigenvalue weighted by Gasteiger charge is 2.36. The molecule has 0 unspecified atom stereocenters. The third kappa shape index (κ3) is 27.4. The molecule has 0 saturated carbocycles. The summed E-state index contributed by atoms with van der Waals surface area (Å²) in [5.41, 5.74) is 12.4. The van der Waals surface area contributed by atoms with Gasteiger partial charge in [0, 0.05) is 55.8 Å². The van der Waals surface area contributed by atoms with Crippen LogP contribution in [0.3, 0.4) is 0 Å². The number of aliphatic hydroxyl groups excluding tert-OH is 1. The fourth-order valence-corrected chi connectivity index (χ4v) is 11.0. The number of nitrogen functional groups attached to an aromatic ring is 1. The molecule has 4 aromatic carbocycles. The molecule has 512 valence electrons. The number of rotatable bonds is 49. The fraction of sp³-hybridized carbons (Fsp3) is 0.545. The van der Waals surface area contributed by atoms with Crippen LogP contribution in [0.2, 0.25) is 0 Å². The molecule has 0 atom stereocenters. The van der Waals surface area contributed by atoms with E-state index >= 15 is 0 Å². The Morgan fingerprint density at radius 3 is 1.75 bits per heavy atom. The topological polar surface area (TPSA) is 275 Å². The second-order valence-electron chi connectivity index (χ2n) is 21.5. The summed E-state index contributed by atoms with van der Waals surface area (Å²) in [5.74, 6) is -8.51. The zero-order valence-corrected chi connectivity index (χ0v) is 53.8. The van der Waals surface area contributed by atoms with Gasteiger partial charge in [-0.15, -0.1) is 0 Å². The zero-order valence-electron chi connectivity index (χ0n) is 53.0. The number of aryl methyl sites for hydroxylation is 2. The molecule has 1 aromatic heterocycles. The first-order chi connectivity index (χ1) is 45.3. The van der Waals surface area contributed by atoms with Crippen LogP contribution in [-0.2, 0) is 75.0 Å². The number of anilines is 2. The number of nitriles is 1. The molecule has 0 amide bonds. The van der Waals surface area contributed by atoms with Gasteiger partial charge in [0.15, 0.2) is 17.6 Å². The summed E-state index contributed by atoms with van der Waals surface area (Å²) in [6.45, 7) is 10.5. The first kappa shape index (κ1) is 75.5. The third-order valence-electron chi connectivity index (χ3n) is 14.4. The van der Waals surface area contributed by atoms with Crippen molar-refractivity contribution in [1.82, 2.24) is 14.6 Å². The Kier molecular flexibility index (Phi) is 35.3. The molecular formula is C66H89F4N7O15S. The van der Waals surface area contributed by atoms with Crippen LogP contribution in [0.5, 0.6) is 5.75 Å². The minimum atomic E-state index is -3.71. The lowest BCUT2D eigenvalue weighted by atomic mass is 9.94. The summed E-state index contributed by atoms with van der Waals surface area (Å²) in [6.07, 6.45) is 7.02. The monoisotopic (exact) mass is 1330 g/mol. The van der Waals surface area contributed by atoms with Gasteiger partial charge in [0.25, 0.3) is 0 Å². The van der Waals surface area contributed by atoms with Crippen molar-refractivity contribution in [1.29, 1.82) is 5.26 Å². The van der Waals surface area contributed by atoms with Gasteiger partial charge in [0.1, 0.15) is 5.82 Å². The van der Waals surface area contributed by atoms with Gasteiger partial charge < -0.3 is 73.6 Å². The third-order valence-corrected chi connectivity index (χ3v) is 16.3. The normalized spacial score (nSPS) is 13.0. The molecule has 6 rings (SSSR count). The lowest BCUT2D eigenvalue weighted by Crippen LogP contribution is -2.51. The van der Waals surface area contributed by atoms with Gasteiger partial charge in [0.05, 0.1) is 161 Å². The molecule has 1 aliphatic rings. The molecule has 1 saturated heterocycles. The van der Waals surface area contributed by atoms with Crippen molar-refractivity contribution in [3.05, 3.63) is 113 Å². The van der Waals surface area contributed by atoms with Crippen LogP contribution >= 0.6 is 0 Å². The smallest absolute Gasteiger partial charge is 0.313 e. The van der Waals surface area contributed by atoms with Gasteiger partial charge in [0.2, 0.25) is 27.4 Å². The number of pyridine rings is 1. The summed E-state index contributed by atoms with van der Waals surface area (Å²) in [6, 6.07) is 22.7. The summed E-state index contributed by atoms with van der Waals surface area (Å²) in [7, 11) is -3.71. The molecule has 0 bridgehead atoms. The number of nitrogens with one attached hydrogen (secondary N) is 2. The Morgan fingerprint density at radius 1 is 0.656 bits per heavy atom. The molecular weight excluding hydrogens is 1240 g/mol. The maximum atomic E-state index is 13.6. The van der Waals surface area contributed by atoms with Crippen molar-refractivity contribution in [2.75, 3.05) is 176 Å². The Labute approximate surface area is 542 Å². The minimum Gasteiger partial charge on any atom is -0.420 e. The highest BCUT2D eigenvalue weighted by Crippen LogP contribution is 2.34. The van der Waals surface area contributed by atoms with Crippen molar-refractivity contribution < 1.29 is 88.0 Å². The Morgan fingerprint density at radius 2 is 1.19 bits per heavy atom. The largest absolute Gasteiger partial charge is 0.420 e. The van der Waals surface area contributed by atoms with E-state index in [-0.39, 0.29) is 49.9 Å². The molecule has 0 aliphatic carbocycles. The Balaban J connectivity index is 0.755. The molecule has 1 aliphatic heterocycles. The van der Waals surface area contributed by atoms with E-state index in [2.05, 4.69) is 40.5 Å². The molecule has 22 nitrogen and oxygen atoms in total. The van der Waals surface area contributed by atoms with Gasteiger partial charge in [-0.3, -0.25) is 9.79 Å². The lowest BCUT2D eigenvalue weighted by Gasteiger charge is -2.36. The number of benzene rings is 4. The van der Waals surface area contributed by atoms with Crippen LogP contribution in [0.1, 0.15) is 68.6 Å². The maximum Gasteiger partial charge on any atom is 0.313 e. The summed E-state index contributed by atoms with van der Waals surface area (Å²) >= 11 is 0. The number of unbranched alkanes of at least 4 members (excludes halogenated alkanes) is 4. The van der Waals surface area contributed by atoms with E-state index in [0.29, 0.717) is 149 Å². The number of halogens is 4. The zero-order chi connectivity index (χ0) is 66.3. The van der Waals surface area contributed by atoms with Crippen molar-refractivity contribution in [3.8, 4) is 22.9 Å². The maximum absolute atomic E-state index is 13.6. The van der Waals surface area contributed by atoms with E-state index in [9.17, 15) is 41.1 Å². The van der Waals surface area contributed by atoms with E-state index in [4.69, 9.17) is 63.1 Å². The first-order valence-corrected chi connectivity index (χ1v) is 33.0. The van der Waals surface area contributed by atoms with Crippen molar-refractivity contribution in [2.45, 2.75) is 69.6 Å². The number of nitrogens with zero attached hydrogens (tertiary/aromatic N) is 4. The Bertz CT molecular complexity index is 3190. The van der Waals surface area contributed by atoms with Crippen LogP contribution < -0.4 is 21.1 Å². The van der Waals surface area contributed by atoms with Crippen LogP contribution in [0.4, 0.5) is 29.1 Å². The number of fused-ring (bicyclic) bond motifs is 1. The van der Waals surface area contributed by atoms with Crippen LogP contribution in [0.25, 0.3) is 22.0 Å². The van der Waals surface area contributed by atoms with Gasteiger partial charge in [-0.05, 0) is 96.8 Å². The van der Waals surface area contributed by atoms with E-state index in [0.717, 1.165) is 90.2 Å². The second-order valence-corrected chi connectivity index (χ2v) is 23.5. The highest BCUT2D eigenvalue weighted by atomic mass is 32.2. The number of carbonyl (C=O) groups excluding carboxylic acids is 1. The number of aliphatic hydroxyl groups is 1. The van der Waals surface area contributed by atoms with Crippen molar-refractivity contribution in [2.24, 2.45) is 10.9 Å². The molecule has 5 N–H and O–H groups in total. The molecule has 1 fully saturated rings. The average Bonchev–Trinajstić information content (AvgIpc) is 0.851. The molecule has 93 heavy (non-hydrogen) atoms. The molecule has 0 spiro atoms. The molecule has 5 aromatic rings. The number of hydrogen-bond acceptors (Lipinski definition) is 19. The summed E-state index contributed by atoms with van der Waals surface area (Å²) in [4.78, 5) is 21.7. The predicted octanol–water partition coefficient (Wildman–Crippen LogP) is 8.19. The summed E-state index contributed by atoms with van der Waals surface area (Å²) in [5, 5.41) is 26.7. The van der Waals surface area contributed by atoms with E-state index in [1.165, 1.54) is 4.31 Å². The number of nitrogens with two attached hydrogens (primary N) is 1. The van der Waals surface area contributed by atoms with Gasteiger partial charge >= 0.3 is 5.97 Å². The van der Waals surface area contributed by atoms with Crippen molar-refractivity contribution >= 4 is 44.4 Å². The highest BCUT2D eigenvalue weighted by molar-refractivity contribution is 7.89. The predicted molar refractivity (Wildman–Crippen MR) is 342 cm³/mol. The minimum absolute atomic E-state index is 0.0149. The number of esters is 1. The SMILES string of the molecule is CCCCCc1cc2c(CCCCC/N=C(\NCCOCCOCCOCCOCCOCCOCCOCCOCCOCCOCCC(=O)Oc3c(F)c(F)cc(F)c3F)Nc3cccc(C#N)c3)cc(-c3cccc(S(=O)(=O)N4CC(CO)C4)c3)cc2nc1N. The Hall–Kier alpha value is -6.49. The van der Waals surface area contributed by atoms with Gasteiger partial charge in [-0.1, -0.05) is 50.5 Å². The summed E-state index contributed by atoms with van der Waals surface area (Å²) < 4.78 is 142. The number of aliphatic imine (C=N–C) groups is 1. The van der Waals surface area contributed by atoms with E-state index in [1.807, 2.05) is 24.3 Å². The number of ether oxygens (including phenoxy) is 11. The van der Waals surface area contributed by atoms with Gasteiger partial charge in [-0.2, -0.15) is 18.3 Å². The van der Waals surface area contributed by atoms with Crippen LogP contribution in [0.15, 0.2) is 82.7 Å². The van der Waals surface area contributed by atoms with Crippen LogP contribution in [-0.4, -0.2) is 200 Å². The van der Waals surface area contributed by atoms with Crippen LogP contribution in [0, 0.1) is 40.5 Å². The number of guanidine groups is 1. The number of sulfonamides is 1.